The third-order valence-corrected chi connectivity index (χ3v) is 5.25. The smallest absolute Gasteiger partial charge is 0.166 e. The van der Waals surface area contributed by atoms with Gasteiger partial charge in [0.05, 0.1) is 20.6 Å². The highest BCUT2D eigenvalue weighted by atomic mass is 28.2. The molecular weight excluding hydrogens is 358 g/mol. The lowest BCUT2D eigenvalue weighted by atomic mass is 10.1. The van der Waals surface area contributed by atoms with E-state index in [1.165, 1.54) is 25.7 Å². The molecule has 0 atom stereocenters. The maximum atomic E-state index is 12.8. The third-order valence-electron chi connectivity index (χ3n) is 3.95. The minimum Gasteiger partial charge on any atom is -0.166 e. The molecule has 0 saturated carbocycles. The normalized spacial score (nSPS) is 12.6. The summed E-state index contributed by atoms with van der Waals surface area (Å²) in [5.74, 6) is 0. The number of alkyl halides is 6. The van der Waals surface area contributed by atoms with Crippen LogP contribution < -0.4 is 5.19 Å². The first-order chi connectivity index (χ1) is 11.6. The molecule has 0 spiro atoms. The summed E-state index contributed by atoms with van der Waals surface area (Å²) in [6.45, 7) is 2.15. The van der Waals surface area contributed by atoms with Crippen molar-refractivity contribution >= 4 is 14.7 Å². The first kappa shape index (κ1) is 22.1. The van der Waals surface area contributed by atoms with Crippen molar-refractivity contribution in [1.29, 1.82) is 0 Å². The minimum absolute atomic E-state index is 0.0324. The van der Waals surface area contributed by atoms with E-state index >= 15 is 0 Å². The molecule has 0 aliphatic carbocycles. The Morgan fingerprint density at radius 3 is 1.56 bits per heavy atom. The van der Waals surface area contributed by atoms with Crippen LogP contribution in [0.2, 0.25) is 6.04 Å². The van der Waals surface area contributed by atoms with Gasteiger partial charge in [-0.15, -0.1) is 0 Å². The van der Waals surface area contributed by atoms with Gasteiger partial charge in [0, 0.05) is 0 Å². The molecule has 0 aromatic heterocycles. The summed E-state index contributed by atoms with van der Waals surface area (Å²) >= 11 is 0. The monoisotopic (exact) mass is 382 g/mol. The predicted octanol–water partition coefficient (Wildman–Crippen LogP) is 6.61. The molecule has 0 amide bonds. The lowest BCUT2D eigenvalue weighted by molar-refractivity contribution is -0.142. The van der Waals surface area contributed by atoms with Gasteiger partial charge in [-0.05, 0) is 6.07 Å². The van der Waals surface area contributed by atoms with E-state index in [1.54, 1.807) is 0 Å². The van der Waals surface area contributed by atoms with Crippen molar-refractivity contribution < 1.29 is 26.3 Å². The maximum absolute atomic E-state index is 12.8. The molecule has 2 radical (unpaired) electrons. The topological polar surface area (TPSA) is 0 Å². The van der Waals surface area contributed by atoms with Gasteiger partial charge in [-0.3, -0.25) is 0 Å². The summed E-state index contributed by atoms with van der Waals surface area (Å²) < 4.78 is 76.7. The molecule has 1 aromatic carbocycles. The SMILES string of the molecule is CCCCCCCCCC[Si]c1cc(C(F)(F)F)cc(C(F)(F)F)c1. The lowest BCUT2D eigenvalue weighted by Gasteiger charge is -2.14. The van der Waals surface area contributed by atoms with Crippen molar-refractivity contribution in [3.8, 4) is 0 Å². The van der Waals surface area contributed by atoms with E-state index in [0.717, 1.165) is 37.8 Å². The minimum atomic E-state index is -4.76. The Hall–Kier alpha value is -0.983. The Kier molecular flexibility index (Phi) is 9.03. The van der Waals surface area contributed by atoms with Crippen LogP contribution in [0.3, 0.4) is 0 Å². The van der Waals surface area contributed by atoms with E-state index in [1.807, 2.05) is 0 Å². The predicted molar refractivity (Wildman–Crippen MR) is 89.3 cm³/mol. The fraction of sp³-hybridized carbons (Fsp3) is 0.667. The first-order valence-corrected chi connectivity index (χ1v) is 9.88. The molecule has 1 rings (SSSR count). The summed E-state index contributed by atoms with van der Waals surface area (Å²) in [5.41, 5.74) is -2.44. The molecule has 1 aromatic rings. The van der Waals surface area contributed by atoms with Crippen molar-refractivity contribution in [2.75, 3.05) is 0 Å². The Bertz CT molecular complexity index is 475. The van der Waals surface area contributed by atoms with Crippen LogP contribution in [-0.2, 0) is 12.4 Å². The number of hydrogen-bond acceptors (Lipinski definition) is 0. The van der Waals surface area contributed by atoms with Crippen LogP contribution in [0.1, 0.15) is 69.4 Å². The number of benzene rings is 1. The van der Waals surface area contributed by atoms with Gasteiger partial charge >= 0.3 is 12.4 Å². The van der Waals surface area contributed by atoms with Crippen LogP contribution in [-0.4, -0.2) is 9.52 Å². The van der Waals surface area contributed by atoms with Crippen LogP contribution in [0, 0.1) is 0 Å². The number of rotatable bonds is 10. The van der Waals surface area contributed by atoms with Crippen molar-refractivity contribution in [1.82, 2.24) is 0 Å². The van der Waals surface area contributed by atoms with Gasteiger partial charge in [-0.2, -0.15) is 26.3 Å². The molecule has 25 heavy (non-hydrogen) atoms. The molecular formula is C18H24F6Si. The lowest BCUT2D eigenvalue weighted by Crippen LogP contribution is -2.21. The Morgan fingerprint density at radius 1 is 0.680 bits per heavy atom. The maximum Gasteiger partial charge on any atom is 0.416 e. The molecule has 0 nitrogen and oxygen atoms in total. The van der Waals surface area contributed by atoms with Gasteiger partial charge in [0.25, 0.3) is 0 Å². The van der Waals surface area contributed by atoms with E-state index < -0.39 is 23.5 Å². The molecule has 0 aliphatic rings. The number of halogens is 6. The van der Waals surface area contributed by atoms with Gasteiger partial charge in [0.2, 0.25) is 0 Å². The summed E-state index contributed by atoms with van der Waals surface area (Å²) in [6.07, 6.45) is -0.653. The van der Waals surface area contributed by atoms with Crippen molar-refractivity contribution in [3.05, 3.63) is 29.3 Å². The second kappa shape index (κ2) is 10.2. The standard InChI is InChI=1S/C18H24F6Si/c1-2-3-4-5-6-7-8-9-10-25-16-12-14(17(19,20)21)11-15(13-16)18(22,23)24/h11-13H,2-10H2,1H3. The fourth-order valence-corrected chi connectivity index (χ4v) is 3.78. The highest BCUT2D eigenvalue weighted by Crippen LogP contribution is 2.34. The third kappa shape index (κ3) is 8.79. The fourth-order valence-electron chi connectivity index (χ4n) is 2.55. The molecule has 0 unspecified atom stereocenters. The molecule has 7 heteroatoms. The molecule has 0 fully saturated rings. The molecule has 0 aliphatic heterocycles. The van der Waals surface area contributed by atoms with Crippen LogP contribution in [0.15, 0.2) is 18.2 Å². The van der Waals surface area contributed by atoms with Gasteiger partial charge < -0.3 is 0 Å². The summed E-state index contributed by atoms with van der Waals surface area (Å²) in [7, 11) is -0.0324. The average Bonchev–Trinajstić information content (AvgIpc) is 2.51. The van der Waals surface area contributed by atoms with Crippen LogP contribution >= 0.6 is 0 Å². The summed E-state index contributed by atoms with van der Waals surface area (Å²) in [5, 5.41) is 0.130. The van der Waals surface area contributed by atoms with Gasteiger partial charge in [-0.25, -0.2) is 0 Å². The van der Waals surface area contributed by atoms with Gasteiger partial charge in [0.15, 0.2) is 0 Å². The highest BCUT2D eigenvalue weighted by Gasteiger charge is 2.36. The zero-order valence-corrected chi connectivity index (χ0v) is 15.4. The van der Waals surface area contributed by atoms with Crippen molar-refractivity contribution in [2.45, 2.75) is 76.7 Å². The van der Waals surface area contributed by atoms with E-state index in [0.29, 0.717) is 6.04 Å². The Labute approximate surface area is 147 Å². The quantitative estimate of drug-likeness (QED) is 0.243. The van der Waals surface area contributed by atoms with Crippen LogP contribution in [0.5, 0.6) is 0 Å². The first-order valence-electron chi connectivity index (χ1n) is 8.68. The van der Waals surface area contributed by atoms with Crippen LogP contribution in [0.25, 0.3) is 0 Å². The molecule has 0 N–H and O–H groups in total. The second-order valence-corrected chi connectivity index (χ2v) is 7.63. The highest BCUT2D eigenvalue weighted by molar-refractivity contribution is 6.53. The van der Waals surface area contributed by atoms with Gasteiger partial charge in [-0.1, -0.05) is 81.7 Å². The molecule has 142 valence electrons. The van der Waals surface area contributed by atoms with E-state index in [4.69, 9.17) is 0 Å². The molecule has 0 saturated heterocycles. The van der Waals surface area contributed by atoms with Crippen LogP contribution in [0.4, 0.5) is 26.3 Å². The zero-order chi connectivity index (χ0) is 18.9. The van der Waals surface area contributed by atoms with E-state index in [-0.39, 0.29) is 20.8 Å². The molecule has 0 bridgehead atoms. The largest absolute Gasteiger partial charge is 0.416 e. The van der Waals surface area contributed by atoms with E-state index in [9.17, 15) is 26.3 Å². The Balaban J connectivity index is 2.50. The van der Waals surface area contributed by atoms with Gasteiger partial charge in [0.1, 0.15) is 0 Å². The molecule has 0 heterocycles. The Morgan fingerprint density at radius 2 is 1.12 bits per heavy atom. The zero-order valence-electron chi connectivity index (χ0n) is 14.4. The number of hydrogen-bond donors (Lipinski definition) is 0. The van der Waals surface area contributed by atoms with E-state index in [2.05, 4.69) is 6.92 Å². The van der Waals surface area contributed by atoms with Crippen molar-refractivity contribution in [2.24, 2.45) is 0 Å². The summed E-state index contributed by atoms with van der Waals surface area (Å²) in [4.78, 5) is 0. The number of unbranched alkanes of at least 4 members (excludes halogenated alkanes) is 7. The average molecular weight is 382 g/mol. The van der Waals surface area contributed by atoms with Crippen molar-refractivity contribution in [3.63, 3.8) is 0 Å². The second-order valence-electron chi connectivity index (χ2n) is 6.20. The summed E-state index contributed by atoms with van der Waals surface area (Å²) in [6, 6.07) is 2.51.